The quantitative estimate of drug-likeness (QED) is 0.764. The zero-order valence-corrected chi connectivity index (χ0v) is 8.91. The Morgan fingerprint density at radius 2 is 2.23 bits per heavy atom. The van der Waals surface area contributed by atoms with Gasteiger partial charge in [-0.05, 0) is 39.4 Å². The fraction of sp³-hybridized carbons (Fsp3) is 0.700. The third-order valence-corrected chi connectivity index (χ3v) is 2.51. The Hall–Kier alpha value is -0.830. The lowest BCUT2D eigenvalue weighted by molar-refractivity contribution is 0.343. The van der Waals surface area contributed by atoms with Crippen LogP contribution in [0.25, 0.3) is 0 Å². The van der Waals surface area contributed by atoms with Gasteiger partial charge in [0.05, 0.1) is 11.7 Å². The molecule has 1 N–H and O–H groups in total. The summed E-state index contributed by atoms with van der Waals surface area (Å²) in [7, 11) is 1.98. The molecule has 0 fully saturated rings. The van der Waals surface area contributed by atoms with Crippen LogP contribution in [0.3, 0.4) is 0 Å². The molecule has 0 aliphatic carbocycles. The van der Waals surface area contributed by atoms with E-state index in [1.165, 1.54) is 0 Å². The van der Waals surface area contributed by atoms with E-state index < -0.39 is 0 Å². The second kappa shape index (κ2) is 4.42. The molecule has 0 aliphatic heterocycles. The molecule has 0 saturated heterocycles. The highest BCUT2D eigenvalue weighted by Crippen LogP contribution is 2.15. The predicted octanol–water partition coefficient (Wildman–Crippen LogP) is 1.61. The van der Waals surface area contributed by atoms with Crippen molar-refractivity contribution in [3.8, 4) is 0 Å². The highest BCUT2D eigenvalue weighted by atomic mass is 15.3. The van der Waals surface area contributed by atoms with Gasteiger partial charge in [0.25, 0.3) is 0 Å². The van der Waals surface area contributed by atoms with Gasteiger partial charge in [-0.3, -0.25) is 4.68 Å². The van der Waals surface area contributed by atoms with Gasteiger partial charge in [-0.2, -0.15) is 5.10 Å². The van der Waals surface area contributed by atoms with E-state index in [1.54, 1.807) is 0 Å². The van der Waals surface area contributed by atoms with Gasteiger partial charge in [0.1, 0.15) is 0 Å². The molecule has 0 radical (unpaired) electrons. The largest absolute Gasteiger partial charge is 0.319 e. The van der Waals surface area contributed by atoms with E-state index in [2.05, 4.69) is 24.3 Å². The third kappa shape index (κ3) is 2.56. The highest BCUT2D eigenvalue weighted by Gasteiger charge is 2.13. The number of nitrogens with one attached hydrogen (secondary N) is 1. The average Bonchev–Trinajstić information content (AvgIpc) is 2.51. The van der Waals surface area contributed by atoms with Crippen molar-refractivity contribution < 1.29 is 0 Å². The smallest absolute Gasteiger partial charge is 0.0593 e. The second-order valence-electron chi connectivity index (χ2n) is 3.71. The fourth-order valence-corrected chi connectivity index (χ4v) is 1.41. The Morgan fingerprint density at radius 3 is 2.69 bits per heavy atom. The van der Waals surface area contributed by atoms with E-state index in [1.807, 2.05) is 30.9 Å². The van der Waals surface area contributed by atoms with Crippen molar-refractivity contribution in [2.75, 3.05) is 13.6 Å². The molecular weight excluding hydrogens is 162 g/mol. The summed E-state index contributed by atoms with van der Waals surface area (Å²) >= 11 is 0. The molecule has 1 heterocycles. The van der Waals surface area contributed by atoms with Crippen molar-refractivity contribution >= 4 is 0 Å². The number of aromatic nitrogens is 2. The monoisotopic (exact) mass is 181 g/mol. The van der Waals surface area contributed by atoms with Gasteiger partial charge in [-0.1, -0.05) is 6.92 Å². The summed E-state index contributed by atoms with van der Waals surface area (Å²) in [5.74, 6) is 0.601. The Kier molecular flexibility index (Phi) is 3.48. The number of hydrogen-bond donors (Lipinski definition) is 1. The molecule has 13 heavy (non-hydrogen) atoms. The number of nitrogens with zero attached hydrogens (tertiary/aromatic N) is 2. The molecule has 1 aromatic rings. The van der Waals surface area contributed by atoms with Crippen LogP contribution in [0.2, 0.25) is 0 Å². The predicted molar refractivity (Wildman–Crippen MR) is 54.8 cm³/mol. The standard InChI is InChI=1S/C10H19N3/c1-8(7-11-4)10(3)13-6-5-9(2)12-13/h5-6,8,10-11H,7H2,1-4H3. The fourth-order valence-electron chi connectivity index (χ4n) is 1.41. The minimum atomic E-state index is 0.459. The maximum Gasteiger partial charge on any atom is 0.0593 e. The van der Waals surface area contributed by atoms with E-state index in [0.717, 1.165) is 12.2 Å². The molecule has 1 aromatic heterocycles. The maximum absolute atomic E-state index is 4.40. The molecule has 1 rings (SSSR count). The summed E-state index contributed by atoms with van der Waals surface area (Å²) in [5, 5.41) is 7.59. The van der Waals surface area contributed by atoms with E-state index in [0.29, 0.717) is 12.0 Å². The summed E-state index contributed by atoms with van der Waals surface area (Å²) < 4.78 is 2.04. The van der Waals surface area contributed by atoms with Gasteiger partial charge in [0.2, 0.25) is 0 Å². The molecule has 3 nitrogen and oxygen atoms in total. The molecule has 0 bridgehead atoms. The van der Waals surface area contributed by atoms with Gasteiger partial charge < -0.3 is 5.32 Å². The lowest BCUT2D eigenvalue weighted by Crippen LogP contribution is -2.24. The topological polar surface area (TPSA) is 29.9 Å². The first-order chi connectivity index (χ1) is 6.15. The first kappa shape index (κ1) is 10.3. The van der Waals surface area contributed by atoms with Crippen molar-refractivity contribution in [2.45, 2.75) is 26.8 Å². The molecule has 74 valence electrons. The summed E-state index contributed by atoms with van der Waals surface area (Å²) in [6.45, 7) is 7.48. The van der Waals surface area contributed by atoms with E-state index in [9.17, 15) is 0 Å². The van der Waals surface area contributed by atoms with Gasteiger partial charge in [-0.25, -0.2) is 0 Å². The third-order valence-electron chi connectivity index (χ3n) is 2.51. The molecule has 3 heteroatoms. The van der Waals surface area contributed by atoms with Crippen LogP contribution in [0.4, 0.5) is 0 Å². The summed E-state index contributed by atoms with van der Waals surface area (Å²) in [4.78, 5) is 0. The van der Waals surface area contributed by atoms with E-state index in [4.69, 9.17) is 0 Å². The van der Waals surface area contributed by atoms with Crippen LogP contribution < -0.4 is 5.32 Å². The summed E-state index contributed by atoms with van der Waals surface area (Å²) in [6.07, 6.45) is 2.05. The lowest BCUT2D eigenvalue weighted by atomic mass is 10.0. The normalized spacial score (nSPS) is 15.7. The Bertz CT molecular complexity index is 254. The van der Waals surface area contributed by atoms with Crippen LogP contribution >= 0.6 is 0 Å². The first-order valence-electron chi connectivity index (χ1n) is 4.81. The summed E-state index contributed by atoms with van der Waals surface area (Å²) in [5.41, 5.74) is 1.09. The first-order valence-corrected chi connectivity index (χ1v) is 4.81. The Balaban J connectivity index is 2.61. The molecule has 0 aromatic carbocycles. The second-order valence-corrected chi connectivity index (χ2v) is 3.71. The SMILES string of the molecule is CNCC(C)C(C)n1ccc(C)n1. The van der Waals surface area contributed by atoms with Crippen molar-refractivity contribution in [3.05, 3.63) is 18.0 Å². The highest BCUT2D eigenvalue weighted by molar-refractivity contribution is 4.96. The van der Waals surface area contributed by atoms with Gasteiger partial charge in [0, 0.05) is 6.20 Å². The van der Waals surface area contributed by atoms with Gasteiger partial charge in [-0.15, -0.1) is 0 Å². The number of rotatable bonds is 4. The molecule has 2 unspecified atom stereocenters. The molecular formula is C10H19N3. The molecule has 0 saturated carbocycles. The average molecular weight is 181 g/mol. The zero-order chi connectivity index (χ0) is 9.84. The number of hydrogen-bond acceptors (Lipinski definition) is 2. The number of aryl methyl sites for hydroxylation is 1. The van der Waals surface area contributed by atoms with Crippen LogP contribution in [-0.4, -0.2) is 23.4 Å². The minimum absolute atomic E-state index is 0.459. The van der Waals surface area contributed by atoms with Crippen molar-refractivity contribution in [3.63, 3.8) is 0 Å². The zero-order valence-electron chi connectivity index (χ0n) is 8.91. The van der Waals surface area contributed by atoms with E-state index in [-0.39, 0.29) is 0 Å². The molecule has 0 spiro atoms. The van der Waals surface area contributed by atoms with Crippen molar-refractivity contribution in [2.24, 2.45) is 5.92 Å². The lowest BCUT2D eigenvalue weighted by Gasteiger charge is -2.19. The summed E-state index contributed by atoms with van der Waals surface area (Å²) in [6, 6.07) is 2.50. The van der Waals surface area contributed by atoms with Crippen LogP contribution in [0, 0.1) is 12.8 Å². The van der Waals surface area contributed by atoms with Crippen LogP contribution in [-0.2, 0) is 0 Å². The van der Waals surface area contributed by atoms with E-state index >= 15 is 0 Å². The van der Waals surface area contributed by atoms with Crippen LogP contribution in [0.15, 0.2) is 12.3 Å². The van der Waals surface area contributed by atoms with Crippen molar-refractivity contribution in [1.29, 1.82) is 0 Å². The maximum atomic E-state index is 4.40. The van der Waals surface area contributed by atoms with Crippen LogP contribution in [0.1, 0.15) is 25.6 Å². The molecule has 0 amide bonds. The van der Waals surface area contributed by atoms with Gasteiger partial charge >= 0.3 is 0 Å². The Labute approximate surface area is 80.1 Å². The molecule has 0 aliphatic rings. The minimum Gasteiger partial charge on any atom is -0.319 e. The molecule has 2 atom stereocenters. The van der Waals surface area contributed by atoms with Gasteiger partial charge in [0.15, 0.2) is 0 Å². The van der Waals surface area contributed by atoms with Crippen molar-refractivity contribution in [1.82, 2.24) is 15.1 Å². The Morgan fingerprint density at radius 1 is 1.54 bits per heavy atom. The van der Waals surface area contributed by atoms with Crippen LogP contribution in [0.5, 0.6) is 0 Å².